The first kappa shape index (κ1) is 29.9. The number of carbonyl (C=O) groups is 4. The Morgan fingerprint density at radius 1 is 1.18 bits per heavy atom. The third-order valence-electron chi connectivity index (χ3n) is 5.96. The molecule has 2 aromatic carbocycles. The number of amides is 4. The molecule has 0 saturated carbocycles. The highest BCUT2D eigenvalue weighted by Crippen LogP contribution is 2.39. The molecule has 2 aliphatic rings. The lowest BCUT2D eigenvalue weighted by molar-refractivity contribution is -0.139. The number of aryl methyl sites for hydroxylation is 1. The summed E-state index contributed by atoms with van der Waals surface area (Å²) in [5.41, 5.74) is 2.00. The third-order valence-corrected chi connectivity index (χ3v) is 7.87. The Morgan fingerprint density at radius 3 is 2.62 bits per heavy atom. The number of halogens is 2. The van der Waals surface area contributed by atoms with Crippen LogP contribution in [-0.2, 0) is 19.1 Å². The van der Waals surface area contributed by atoms with Gasteiger partial charge in [-0.1, -0.05) is 17.7 Å². The Bertz CT molecular complexity index is 1360. The number of anilines is 1. The molecule has 2 heterocycles. The van der Waals surface area contributed by atoms with E-state index in [0.717, 1.165) is 22.2 Å². The van der Waals surface area contributed by atoms with Crippen LogP contribution in [0.15, 0.2) is 39.7 Å². The summed E-state index contributed by atoms with van der Waals surface area (Å²) in [6.45, 7) is 5.08. The van der Waals surface area contributed by atoms with Crippen LogP contribution in [-0.4, -0.2) is 78.8 Å². The summed E-state index contributed by atoms with van der Waals surface area (Å²) in [5.74, 6) is -0.585. The molecule has 0 bridgehead atoms. The molecule has 4 amide bonds. The fourth-order valence-electron chi connectivity index (χ4n) is 3.92. The van der Waals surface area contributed by atoms with Crippen molar-refractivity contribution in [3.8, 4) is 11.5 Å². The first-order valence-electron chi connectivity index (χ1n) is 12.4. The molecular weight excluding hydrogens is 626 g/mol. The molecule has 2 aromatic rings. The molecule has 4 rings (SSSR count). The standard InChI is InChI=1S/C27H27BrClN3O7S/c1-3-38-21-11-17(10-19(28)25(21)39-15-23(33)30-18-5-4-16(2)20(29)13-18)12-22-26(35)32(27(36)40-22)14-24(34)31-6-8-37-9-7-31/h4-5,10-13H,3,6-9,14-15H2,1-2H3,(H,30,33)/b22-12-. The van der Waals surface area contributed by atoms with Crippen molar-refractivity contribution in [3.63, 3.8) is 0 Å². The van der Waals surface area contributed by atoms with Gasteiger partial charge in [0.05, 0.1) is 29.2 Å². The van der Waals surface area contributed by atoms with Crippen molar-refractivity contribution in [2.75, 3.05) is 51.4 Å². The van der Waals surface area contributed by atoms with E-state index in [4.69, 9.17) is 25.8 Å². The summed E-state index contributed by atoms with van der Waals surface area (Å²) >= 11 is 10.3. The lowest BCUT2D eigenvalue weighted by Crippen LogP contribution is -2.46. The predicted octanol–water partition coefficient (Wildman–Crippen LogP) is 4.72. The van der Waals surface area contributed by atoms with E-state index in [9.17, 15) is 19.2 Å². The Hall–Kier alpha value is -3.06. The maximum absolute atomic E-state index is 13.0. The molecule has 0 unspecified atom stereocenters. The van der Waals surface area contributed by atoms with Crippen LogP contribution in [0.2, 0.25) is 5.02 Å². The molecule has 40 heavy (non-hydrogen) atoms. The van der Waals surface area contributed by atoms with Crippen molar-refractivity contribution >= 4 is 74.0 Å². The average molecular weight is 653 g/mol. The first-order valence-corrected chi connectivity index (χ1v) is 14.4. The second-order valence-corrected chi connectivity index (χ2v) is 11.1. The van der Waals surface area contributed by atoms with E-state index < -0.39 is 17.1 Å². The number of hydrogen-bond donors (Lipinski definition) is 1. The van der Waals surface area contributed by atoms with Gasteiger partial charge >= 0.3 is 0 Å². The van der Waals surface area contributed by atoms with Gasteiger partial charge < -0.3 is 24.4 Å². The summed E-state index contributed by atoms with van der Waals surface area (Å²) in [5, 5.41) is 2.76. The van der Waals surface area contributed by atoms with Crippen LogP contribution in [0.4, 0.5) is 10.5 Å². The molecule has 10 nitrogen and oxygen atoms in total. The summed E-state index contributed by atoms with van der Waals surface area (Å²) < 4.78 is 17.2. The monoisotopic (exact) mass is 651 g/mol. The number of nitrogens with one attached hydrogen (secondary N) is 1. The zero-order chi connectivity index (χ0) is 28.8. The van der Waals surface area contributed by atoms with Crippen LogP contribution in [0.25, 0.3) is 6.08 Å². The average Bonchev–Trinajstić information content (AvgIpc) is 3.18. The van der Waals surface area contributed by atoms with Crippen LogP contribution in [0, 0.1) is 6.92 Å². The SMILES string of the molecule is CCOc1cc(/C=C2\SC(=O)N(CC(=O)N3CCOCC3)C2=O)cc(Br)c1OCC(=O)Nc1ccc(C)c(Cl)c1. The Morgan fingerprint density at radius 2 is 1.93 bits per heavy atom. The van der Waals surface area contributed by atoms with Crippen molar-refractivity contribution in [1.29, 1.82) is 0 Å². The fraction of sp³-hybridized carbons (Fsp3) is 0.333. The molecule has 212 valence electrons. The van der Waals surface area contributed by atoms with Crippen molar-refractivity contribution < 1.29 is 33.4 Å². The maximum Gasteiger partial charge on any atom is 0.294 e. The lowest BCUT2D eigenvalue weighted by Gasteiger charge is -2.28. The maximum atomic E-state index is 13.0. The van der Waals surface area contributed by atoms with Crippen molar-refractivity contribution in [2.24, 2.45) is 0 Å². The molecule has 0 radical (unpaired) electrons. The quantitative estimate of drug-likeness (QED) is 0.387. The minimum absolute atomic E-state index is 0.180. The highest BCUT2D eigenvalue weighted by molar-refractivity contribution is 9.10. The number of morpholine rings is 1. The highest BCUT2D eigenvalue weighted by atomic mass is 79.9. The Balaban J connectivity index is 1.45. The van der Waals surface area contributed by atoms with Gasteiger partial charge in [-0.3, -0.25) is 24.1 Å². The molecule has 0 aromatic heterocycles. The van der Waals surface area contributed by atoms with Gasteiger partial charge in [-0.2, -0.15) is 0 Å². The molecule has 0 atom stereocenters. The van der Waals surface area contributed by atoms with Crippen molar-refractivity contribution in [1.82, 2.24) is 9.80 Å². The molecular formula is C27H27BrClN3O7S. The highest BCUT2D eigenvalue weighted by Gasteiger charge is 2.37. The van der Waals surface area contributed by atoms with E-state index in [1.165, 1.54) is 0 Å². The zero-order valence-electron chi connectivity index (χ0n) is 21.8. The van der Waals surface area contributed by atoms with E-state index in [2.05, 4.69) is 21.2 Å². The van der Waals surface area contributed by atoms with E-state index >= 15 is 0 Å². The molecule has 0 spiro atoms. The van der Waals surface area contributed by atoms with Crippen molar-refractivity contribution in [2.45, 2.75) is 13.8 Å². The minimum atomic E-state index is -0.543. The van der Waals surface area contributed by atoms with Gasteiger partial charge in [-0.05, 0) is 83.0 Å². The summed E-state index contributed by atoms with van der Waals surface area (Å²) in [6.07, 6.45) is 1.55. The molecule has 0 aliphatic carbocycles. The molecule has 13 heteroatoms. The zero-order valence-corrected chi connectivity index (χ0v) is 25.0. The van der Waals surface area contributed by atoms with E-state index in [-0.39, 0.29) is 24.0 Å². The van der Waals surface area contributed by atoms with Gasteiger partial charge in [0, 0.05) is 23.8 Å². The molecule has 2 aliphatic heterocycles. The summed E-state index contributed by atoms with van der Waals surface area (Å²) in [7, 11) is 0. The number of rotatable bonds is 9. The molecule has 2 saturated heterocycles. The number of nitrogens with zero attached hydrogens (tertiary/aromatic N) is 2. The second kappa shape index (κ2) is 13.5. The van der Waals surface area contributed by atoms with Gasteiger partial charge in [0.25, 0.3) is 17.1 Å². The van der Waals surface area contributed by atoms with Gasteiger partial charge in [-0.15, -0.1) is 0 Å². The minimum Gasteiger partial charge on any atom is -0.490 e. The topological polar surface area (TPSA) is 114 Å². The first-order chi connectivity index (χ1) is 19.2. The normalized spacial score (nSPS) is 16.4. The largest absolute Gasteiger partial charge is 0.490 e. The number of ether oxygens (including phenoxy) is 3. The molecule has 2 fully saturated rings. The predicted molar refractivity (Wildman–Crippen MR) is 156 cm³/mol. The number of hydrogen-bond acceptors (Lipinski definition) is 8. The number of imide groups is 1. The lowest BCUT2D eigenvalue weighted by atomic mass is 10.2. The van der Waals surface area contributed by atoms with Crippen molar-refractivity contribution in [3.05, 3.63) is 55.9 Å². The fourth-order valence-corrected chi connectivity index (χ4v) is 5.51. The smallest absolute Gasteiger partial charge is 0.294 e. The van der Waals surface area contributed by atoms with E-state index in [1.54, 1.807) is 48.2 Å². The summed E-state index contributed by atoms with van der Waals surface area (Å²) in [6, 6.07) is 8.54. The van der Waals surface area contributed by atoms with Crippen LogP contribution in [0.1, 0.15) is 18.1 Å². The molecule has 1 N–H and O–H groups in total. The van der Waals surface area contributed by atoms with Crippen LogP contribution >= 0.6 is 39.3 Å². The van der Waals surface area contributed by atoms with Crippen LogP contribution < -0.4 is 14.8 Å². The Labute approximate surface area is 249 Å². The van der Waals surface area contributed by atoms with E-state index in [1.807, 2.05) is 6.92 Å². The number of benzene rings is 2. The Kier molecular flexibility index (Phi) is 10.1. The van der Waals surface area contributed by atoms with Crippen LogP contribution in [0.3, 0.4) is 0 Å². The second-order valence-electron chi connectivity index (χ2n) is 8.82. The third kappa shape index (κ3) is 7.36. The summed E-state index contributed by atoms with van der Waals surface area (Å²) in [4.78, 5) is 53.3. The van der Waals surface area contributed by atoms with Gasteiger partial charge in [-0.25, -0.2) is 0 Å². The van der Waals surface area contributed by atoms with Gasteiger partial charge in [0.1, 0.15) is 6.54 Å². The van der Waals surface area contributed by atoms with E-state index in [0.29, 0.717) is 65.2 Å². The number of thioether (sulfide) groups is 1. The number of carbonyl (C=O) groups excluding carboxylic acids is 4. The van der Waals surface area contributed by atoms with Gasteiger partial charge in [0.2, 0.25) is 5.91 Å². The van der Waals surface area contributed by atoms with Crippen LogP contribution in [0.5, 0.6) is 11.5 Å². The van der Waals surface area contributed by atoms with Gasteiger partial charge in [0.15, 0.2) is 18.1 Å².